The fraction of sp³-hybridized carbons (Fsp3) is 0.409. The number of para-hydroxylation sites is 2. The summed E-state index contributed by atoms with van der Waals surface area (Å²) in [5.41, 5.74) is 1.04. The molecule has 0 radical (unpaired) electrons. The first-order chi connectivity index (χ1) is 13.6. The lowest BCUT2D eigenvalue weighted by atomic mass is 10.2. The molecule has 0 aliphatic carbocycles. The van der Waals surface area contributed by atoms with Gasteiger partial charge in [0.2, 0.25) is 5.91 Å². The number of benzene rings is 2. The third kappa shape index (κ3) is 5.16. The van der Waals surface area contributed by atoms with Gasteiger partial charge in [0.1, 0.15) is 18.5 Å². The normalized spacial score (nSPS) is 15.4. The number of methoxy groups -OCH3 is 1. The minimum atomic E-state index is -0.0914. The number of carbonyl (C=O) groups excluding carboxylic acids is 1. The average Bonchev–Trinajstić information content (AvgIpc) is 2.73. The maximum Gasteiger partial charge on any atom is 0.236 e. The van der Waals surface area contributed by atoms with Crippen LogP contribution in [0.3, 0.4) is 0 Å². The molecule has 2 aromatic rings. The van der Waals surface area contributed by atoms with Crippen LogP contribution in [0.5, 0.6) is 17.2 Å². The zero-order chi connectivity index (χ0) is 19.9. The average molecular weight is 384 g/mol. The molecule has 0 bridgehead atoms. The number of amides is 1. The van der Waals surface area contributed by atoms with Gasteiger partial charge in [0.25, 0.3) is 0 Å². The second-order valence-electron chi connectivity index (χ2n) is 6.93. The molecule has 6 nitrogen and oxygen atoms in total. The van der Waals surface area contributed by atoms with E-state index >= 15 is 0 Å². The Morgan fingerprint density at radius 1 is 1.18 bits per heavy atom. The van der Waals surface area contributed by atoms with Crippen molar-refractivity contribution < 1.29 is 19.0 Å². The van der Waals surface area contributed by atoms with Gasteiger partial charge in [0.15, 0.2) is 11.5 Å². The molecule has 1 atom stereocenters. The van der Waals surface area contributed by atoms with E-state index in [0.717, 1.165) is 29.4 Å². The van der Waals surface area contributed by atoms with Gasteiger partial charge in [0.05, 0.1) is 13.7 Å². The standard InChI is InChI=1S/C22H28N2O4/c1-4-24(14-19-16-27-20-10-5-6-11-21(20)28-19)15-22(25)23(2)13-17-8-7-9-18(12-17)26-3/h5-12,19H,4,13-16H2,1-3H3. The molecular weight excluding hydrogens is 356 g/mol. The molecule has 0 fully saturated rings. The number of carbonyl (C=O) groups is 1. The topological polar surface area (TPSA) is 51.2 Å². The van der Waals surface area contributed by atoms with E-state index in [4.69, 9.17) is 14.2 Å². The molecule has 28 heavy (non-hydrogen) atoms. The Balaban J connectivity index is 1.53. The van der Waals surface area contributed by atoms with Crippen LogP contribution >= 0.6 is 0 Å². The highest BCUT2D eigenvalue weighted by molar-refractivity contribution is 5.78. The molecule has 2 aromatic carbocycles. The van der Waals surface area contributed by atoms with Gasteiger partial charge in [-0.3, -0.25) is 9.69 Å². The minimum Gasteiger partial charge on any atom is -0.497 e. The van der Waals surface area contributed by atoms with E-state index in [-0.39, 0.29) is 12.0 Å². The number of ether oxygens (including phenoxy) is 3. The molecular formula is C22H28N2O4. The van der Waals surface area contributed by atoms with Gasteiger partial charge in [0, 0.05) is 20.1 Å². The molecule has 1 aliphatic heterocycles. The summed E-state index contributed by atoms with van der Waals surface area (Å²) >= 11 is 0. The first-order valence-electron chi connectivity index (χ1n) is 9.56. The Hall–Kier alpha value is -2.73. The Bertz CT molecular complexity index is 796. The molecule has 1 aliphatic rings. The van der Waals surface area contributed by atoms with Gasteiger partial charge in [-0.2, -0.15) is 0 Å². The van der Waals surface area contributed by atoms with Crippen molar-refractivity contribution in [3.63, 3.8) is 0 Å². The molecule has 0 saturated heterocycles. The van der Waals surface area contributed by atoms with Crippen molar-refractivity contribution in [1.29, 1.82) is 0 Å². The maximum absolute atomic E-state index is 12.7. The molecule has 1 unspecified atom stereocenters. The number of hydrogen-bond donors (Lipinski definition) is 0. The van der Waals surface area contributed by atoms with E-state index in [1.165, 1.54) is 0 Å². The van der Waals surface area contributed by atoms with Crippen LogP contribution in [0.15, 0.2) is 48.5 Å². The number of fused-ring (bicyclic) bond motifs is 1. The van der Waals surface area contributed by atoms with Crippen molar-refractivity contribution in [3.05, 3.63) is 54.1 Å². The Kier molecular flexibility index (Phi) is 6.76. The van der Waals surface area contributed by atoms with Gasteiger partial charge >= 0.3 is 0 Å². The lowest BCUT2D eigenvalue weighted by Crippen LogP contribution is -2.45. The fourth-order valence-corrected chi connectivity index (χ4v) is 3.19. The van der Waals surface area contributed by atoms with E-state index in [1.807, 2.05) is 62.5 Å². The minimum absolute atomic E-state index is 0.0711. The summed E-state index contributed by atoms with van der Waals surface area (Å²) in [5, 5.41) is 0. The van der Waals surface area contributed by atoms with Crippen LogP contribution in [0.25, 0.3) is 0 Å². The SMILES string of the molecule is CCN(CC(=O)N(C)Cc1cccc(OC)c1)CC1COc2ccccc2O1. The third-order valence-corrected chi connectivity index (χ3v) is 4.82. The molecule has 0 spiro atoms. The highest BCUT2D eigenvalue weighted by Gasteiger charge is 2.24. The third-order valence-electron chi connectivity index (χ3n) is 4.82. The maximum atomic E-state index is 12.7. The summed E-state index contributed by atoms with van der Waals surface area (Å²) < 4.78 is 17.0. The summed E-state index contributed by atoms with van der Waals surface area (Å²) in [6.45, 7) is 4.83. The zero-order valence-corrected chi connectivity index (χ0v) is 16.8. The van der Waals surface area contributed by atoms with E-state index in [1.54, 1.807) is 12.0 Å². The van der Waals surface area contributed by atoms with E-state index in [9.17, 15) is 4.79 Å². The van der Waals surface area contributed by atoms with Crippen LogP contribution in [-0.4, -0.2) is 62.2 Å². The summed E-state index contributed by atoms with van der Waals surface area (Å²) in [4.78, 5) is 16.5. The van der Waals surface area contributed by atoms with Crippen molar-refractivity contribution in [2.45, 2.75) is 19.6 Å². The Labute approximate surface area is 166 Å². The predicted molar refractivity (Wildman–Crippen MR) is 108 cm³/mol. The van der Waals surface area contributed by atoms with Crippen LogP contribution < -0.4 is 14.2 Å². The summed E-state index contributed by atoms with van der Waals surface area (Å²) in [5.74, 6) is 2.40. The molecule has 0 saturated carbocycles. The highest BCUT2D eigenvalue weighted by Crippen LogP contribution is 2.31. The van der Waals surface area contributed by atoms with Crippen molar-refractivity contribution >= 4 is 5.91 Å². The fourth-order valence-electron chi connectivity index (χ4n) is 3.19. The van der Waals surface area contributed by atoms with Crippen LogP contribution in [-0.2, 0) is 11.3 Å². The summed E-state index contributed by atoms with van der Waals surface area (Å²) in [6.07, 6.45) is -0.0914. The van der Waals surface area contributed by atoms with Gasteiger partial charge < -0.3 is 19.1 Å². The second kappa shape index (κ2) is 9.46. The lowest BCUT2D eigenvalue weighted by molar-refractivity contribution is -0.132. The summed E-state index contributed by atoms with van der Waals surface area (Å²) in [6, 6.07) is 15.4. The van der Waals surface area contributed by atoms with Crippen LogP contribution in [0, 0.1) is 0 Å². The predicted octanol–water partition coefficient (Wildman–Crippen LogP) is 2.82. The van der Waals surface area contributed by atoms with E-state index < -0.39 is 0 Å². The van der Waals surface area contributed by atoms with E-state index in [0.29, 0.717) is 26.2 Å². The molecule has 1 heterocycles. The van der Waals surface area contributed by atoms with Crippen LogP contribution in [0.4, 0.5) is 0 Å². The molecule has 0 aromatic heterocycles. The van der Waals surface area contributed by atoms with E-state index in [2.05, 4.69) is 4.90 Å². The van der Waals surface area contributed by atoms with Crippen molar-refractivity contribution in [3.8, 4) is 17.2 Å². The summed E-state index contributed by atoms with van der Waals surface area (Å²) in [7, 11) is 3.47. The largest absolute Gasteiger partial charge is 0.497 e. The number of nitrogens with zero attached hydrogens (tertiary/aromatic N) is 2. The number of hydrogen-bond acceptors (Lipinski definition) is 5. The first-order valence-corrected chi connectivity index (χ1v) is 9.56. The van der Waals surface area contributed by atoms with Gasteiger partial charge in [-0.15, -0.1) is 0 Å². The highest BCUT2D eigenvalue weighted by atomic mass is 16.6. The smallest absolute Gasteiger partial charge is 0.236 e. The second-order valence-corrected chi connectivity index (χ2v) is 6.93. The number of rotatable bonds is 8. The van der Waals surface area contributed by atoms with Crippen molar-refractivity contribution in [2.24, 2.45) is 0 Å². The van der Waals surface area contributed by atoms with Gasteiger partial charge in [-0.05, 0) is 36.4 Å². The van der Waals surface area contributed by atoms with Crippen molar-refractivity contribution in [1.82, 2.24) is 9.80 Å². The lowest BCUT2D eigenvalue weighted by Gasteiger charge is -2.31. The Morgan fingerprint density at radius 3 is 2.71 bits per heavy atom. The Morgan fingerprint density at radius 2 is 1.96 bits per heavy atom. The number of likely N-dealkylation sites (N-methyl/N-ethyl adjacent to an activating group) is 2. The molecule has 0 N–H and O–H groups in total. The quantitative estimate of drug-likeness (QED) is 0.701. The first kappa shape index (κ1) is 20.0. The monoisotopic (exact) mass is 384 g/mol. The molecule has 3 rings (SSSR count). The van der Waals surface area contributed by atoms with Crippen molar-refractivity contribution in [2.75, 3.05) is 40.4 Å². The molecule has 150 valence electrons. The van der Waals surface area contributed by atoms with Crippen LogP contribution in [0.2, 0.25) is 0 Å². The van der Waals surface area contributed by atoms with Gasteiger partial charge in [-0.25, -0.2) is 0 Å². The molecule has 1 amide bonds. The van der Waals surface area contributed by atoms with Gasteiger partial charge in [-0.1, -0.05) is 31.2 Å². The zero-order valence-electron chi connectivity index (χ0n) is 16.8. The van der Waals surface area contributed by atoms with Crippen LogP contribution in [0.1, 0.15) is 12.5 Å². The molecule has 6 heteroatoms.